The molecule has 0 saturated carbocycles. The summed E-state index contributed by atoms with van der Waals surface area (Å²) >= 11 is 0. The first-order valence-corrected chi connectivity index (χ1v) is 11.4. The van der Waals surface area contributed by atoms with E-state index in [1.165, 1.54) is 0 Å². The first-order valence-electron chi connectivity index (χ1n) is 11.4. The fourth-order valence-corrected chi connectivity index (χ4v) is 4.24. The normalized spacial score (nSPS) is 14.0. The van der Waals surface area contributed by atoms with Crippen molar-refractivity contribution in [1.29, 1.82) is 5.26 Å². The lowest BCUT2D eigenvalue weighted by molar-refractivity contribution is 0.0766. The van der Waals surface area contributed by atoms with Crippen LogP contribution in [0.3, 0.4) is 0 Å². The number of nitriles is 1. The summed E-state index contributed by atoms with van der Waals surface area (Å²) in [7, 11) is 0. The summed E-state index contributed by atoms with van der Waals surface area (Å²) in [5, 5.41) is 9.01. The zero-order valence-corrected chi connectivity index (χ0v) is 18.8. The van der Waals surface area contributed by atoms with E-state index in [9.17, 15) is 4.79 Å². The van der Waals surface area contributed by atoms with E-state index in [0.717, 1.165) is 36.5 Å². The van der Waals surface area contributed by atoms with Gasteiger partial charge in [-0.15, -0.1) is 0 Å². The number of hydrogen-bond donors (Lipinski definition) is 0. The summed E-state index contributed by atoms with van der Waals surface area (Å²) in [6.07, 6.45) is 4.78. The van der Waals surface area contributed by atoms with Crippen molar-refractivity contribution in [1.82, 2.24) is 14.3 Å². The number of fused-ring (bicyclic) bond motifs is 1. The van der Waals surface area contributed by atoms with Crippen molar-refractivity contribution in [2.75, 3.05) is 31.1 Å². The number of ether oxygens (including phenoxy) is 1. The third-order valence-corrected chi connectivity index (χ3v) is 6.03. The lowest BCUT2D eigenvalue weighted by Gasteiger charge is -2.24. The van der Waals surface area contributed by atoms with Gasteiger partial charge in [0, 0.05) is 49.8 Å². The molecule has 5 rings (SSSR count). The SMILES string of the molecule is N#Cc1ccc(N2CCCN(C(=O)c3cccc(OCc4cn5ccccc5n4)c3)CC2)cc1. The Hall–Kier alpha value is -4.31. The first kappa shape index (κ1) is 21.5. The van der Waals surface area contributed by atoms with Crippen LogP contribution >= 0.6 is 0 Å². The molecule has 3 heterocycles. The van der Waals surface area contributed by atoms with E-state index < -0.39 is 0 Å². The first-order chi connectivity index (χ1) is 16.7. The molecule has 1 fully saturated rings. The number of nitrogens with zero attached hydrogens (tertiary/aromatic N) is 5. The molecule has 1 amide bonds. The minimum absolute atomic E-state index is 0.0138. The summed E-state index contributed by atoms with van der Waals surface area (Å²) < 4.78 is 7.90. The third kappa shape index (κ3) is 4.71. The van der Waals surface area contributed by atoms with Gasteiger partial charge in [0.2, 0.25) is 0 Å². The fraction of sp³-hybridized carbons (Fsp3) is 0.222. The van der Waals surface area contributed by atoms with Gasteiger partial charge in [0.05, 0.1) is 17.3 Å². The summed E-state index contributed by atoms with van der Waals surface area (Å²) in [6, 6.07) is 23.0. The third-order valence-electron chi connectivity index (χ3n) is 6.03. The molecule has 0 spiro atoms. The zero-order chi connectivity index (χ0) is 23.3. The molecule has 2 aromatic heterocycles. The molecule has 34 heavy (non-hydrogen) atoms. The molecule has 0 atom stereocenters. The van der Waals surface area contributed by atoms with Crippen LogP contribution in [0.25, 0.3) is 5.65 Å². The van der Waals surface area contributed by atoms with E-state index in [1.54, 1.807) is 6.07 Å². The van der Waals surface area contributed by atoms with Gasteiger partial charge >= 0.3 is 0 Å². The average molecular weight is 452 g/mol. The number of anilines is 1. The molecule has 7 heteroatoms. The Morgan fingerprint density at radius 1 is 1.00 bits per heavy atom. The van der Waals surface area contributed by atoms with Crippen molar-refractivity contribution in [2.45, 2.75) is 13.0 Å². The van der Waals surface area contributed by atoms with Crippen LogP contribution in [-0.4, -0.2) is 46.4 Å². The van der Waals surface area contributed by atoms with Crippen molar-refractivity contribution < 1.29 is 9.53 Å². The monoisotopic (exact) mass is 451 g/mol. The molecule has 0 bridgehead atoms. The van der Waals surface area contributed by atoms with Crippen molar-refractivity contribution in [3.8, 4) is 11.8 Å². The molecule has 0 N–H and O–H groups in total. The second kappa shape index (κ2) is 9.67. The Bertz CT molecular complexity index is 1310. The van der Waals surface area contributed by atoms with E-state index >= 15 is 0 Å². The number of imidazole rings is 1. The van der Waals surface area contributed by atoms with Gasteiger partial charge in [0.15, 0.2) is 0 Å². The number of aromatic nitrogens is 2. The highest BCUT2D eigenvalue weighted by Crippen LogP contribution is 2.20. The summed E-state index contributed by atoms with van der Waals surface area (Å²) in [4.78, 5) is 22.0. The maximum absolute atomic E-state index is 13.2. The minimum Gasteiger partial charge on any atom is -0.487 e. The fourth-order valence-electron chi connectivity index (χ4n) is 4.24. The predicted molar refractivity (Wildman–Crippen MR) is 130 cm³/mol. The highest BCUT2D eigenvalue weighted by Gasteiger charge is 2.21. The van der Waals surface area contributed by atoms with Crippen LogP contribution < -0.4 is 9.64 Å². The highest BCUT2D eigenvalue weighted by atomic mass is 16.5. The van der Waals surface area contributed by atoms with Gasteiger partial charge in [0.1, 0.15) is 18.0 Å². The molecule has 0 aliphatic carbocycles. The quantitative estimate of drug-likeness (QED) is 0.456. The van der Waals surface area contributed by atoms with Crippen molar-refractivity contribution >= 4 is 17.2 Å². The predicted octanol–water partition coefficient (Wildman–Crippen LogP) is 4.14. The standard InChI is InChI=1S/C27H25N5O2/c28-18-21-8-10-24(11-9-21)30-13-4-14-31(16-15-30)27(33)22-5-3-6-25(17-22)34-20-23-19-32-12-2-1-7-26(32)29-23/h1-3,5-12,17,19H,4,13-16,20H2. The molecule has 170 valence electrons. The summed E-state index contributed by atoms with van der Waals surface area (Å²) in [5.41, 5.74) is 4.06. The Morgan fingerprint density at radius 3 is 2.71 bits per heavy atom. The molecule has 1 aliphatic heterocycles. The average Bonchev–Trinajstić information content (AvgIpc) is 3.15. The summed E-state index contributed by atoms with van der Waals surface area (Å²) in [5.74, 6) is 0.664. The van der Waals surface area contributed by atoms with E-state index in [1.807, 2.05) is 82.4 Å². The molecule has 0 unspecified atom stereocenters. The lowest BCUT2D eigenvalue weighted by atomic mass is 10.2. The van der Waals surface area contributed by atoms with Gasteiger partial charge in [0.25, 0.3) is 5.91 Å². The second-order valence-corrected chi connectivity index (χ2v) is 8.31. The van der Waals surface area contributed by atoms with Gasteiger partial charge in [-0.1, -0.05) is 12.1 Å². The van der Waals surface area contributed by atoms with E-state index in [2.05, 4.69) is 16.0 Å². The molecule has 1 saturated heterocycles. The Labute approximate surface area is 198 Å². The Balaban J connectivity index is 1.22. The maximum atomic E-state index is 13.2. The molecule has 0 radical (unpaired) electrons. The van der Waals surface area contributed by atoms with Crippen LogP contribution in [0.4, 0.5) is 5.69 Å². The molecule has 2 aromatic carbocycles. The van der Waals surface area contributed by atoms with Crippen LogP contribution in [0.5, 0.6) is 5.75 Å². The molecule has 4 aromatic rings. The van der Waals surface area contributed by atoms with Gasteiger partial charge in [-0.25, -0.2) is 4.98 Å². The number of amides is 1. The van der Waals surface area contributed by atoms with Crippen LogP contribution in [-0.2, 0) is 6.61 Å². The number of rotatable bonds is 5. The van der Waals surface area contributed by atoms with E-state index in [4.69, 9.17) is 10.00 Å². The number of benzene rings is 2. The minimum atomic E-state index is 0.0138. The molecular weight excluding hydrogens is 426 g/mol. The van der Waals surface area contributed by atoms with Crippen molar-refractivity contribution in [2.24, 2.45) is 0 Å². The smallest absolute Gasteiger partial charge is 0.254 e. The van der Waals surface area contributed by atoms with Crippen LogP contribution in [0.1, 0.15) is 28.0 Å². The molecular formula is C27H25N5O2. The Kier molecular flexibility index (Phi) is 6.13. The van der Waals surface area contributed by atoms with Crippen molar-refractivity contribution in [3.63, 3.8) is 0 Å². The van der Waals surface area contributed by atoms with Crippen LogP contribution in [0.15, 0.2) is 79.1 Å². The van der Waals surface area contributed by atoms with Gasteiger partial charge < -0.3 is 18.9 Å². The second-order valence-electron chi connectivity index (χ2n) is 8.31. The van der Waals surface area contributed by atoms with Crippen molar-refractivity contribution in [3.05, 3.63) is 95.9 Å². The Morgan fingerprint density at radius 2 is 1.88 bits per heavy atom. The highest BCUT2D eigenvalue weighted by molar-refractivity contribution is 5.94. The zero-order valence-electron chi connectivity index (χ0n) is 18.8. The largest absolute Gasteiger partial charge is 0.487 e. The maximum Gasteiger partial charge on any atom is 0.254 e. The van der Waals surface area contributed by atoms with E-state index in [-0.39, 0.29) is 5.91 Å². The molecule has 7 nitrogen and oxygen atoms in total. The molecule has 1 aliphatic rings. The number of hydrogen-bond acceptors (Lipinski definition) is 5. The topological polar surface area (TPSA) is 73.9 Å². The summed E-state index contributed by atoms with van der Waals surface area (Å²) in [6.45, 7) is 3.31. The lowest BCUT2D eigenvalue weighted by Crippen LogP contribution is -2.35. The van der Waals surface area contributed by atoms with E-state index in [0.29, 0.717) is 36.6 Å². The number of carbonyl (C=O) groups is 1. The number of pyridine rings is 1. The van der Waals surface area contributed by atoms with Crippen LogP contribution in [0, 0.1) is 11.3 Å². The van der Waals surface area contributed by atoms with Gasteiger partial charge in [-0.3, -0.25) is 4.79 Å². The van der Waals surface area contributed by atoms with Crippen LogP contribution in [0.2, 0.25) is 0 Å². The van der Waals surface area contributed by atoms with Gasteiger partial charge in [-0.2, -0.15) is 5.26 Å². The number of carbonyl (C=O) groups excluding carboxylic acids is 1. The van der Waals surface area contributed by atoms with Gasteiger partial charge in [-0.05, 0) is 61.0 Å².